The van der Waals surface area contributed by atoms with Crippen LogP contribution in [0.15, 0.2) is 0 Å². The molecule has 0 aromatic carbocycles. The van der Waals surface area contributed by atoms with Crippen molar-refractivity contribution >= 4 is 0 Å². The Balaban J connectivity index is 1.73. The highest BCUT2D eigenvalue weighted by atomic mass is 16.5. The largest absolute Gasteiger partial charge is 0.380 e. The highest BCUT2D eigenvalue weighted by molar-refractivity contribution is 4.91. The molecule has 0 aromatic rings. The Morgan fingerprint density at radius 2 is 2.12 bits per heavy atom. The highest BCUT2D eigenvalue weighted by Gasteiger charge is 2.37. The van der Waals surface area contributed by atoms with Crippen molar-refractivity contribution in [1.82, 2.24) is 5.32 Å². The van der Waals surface area contributed by atoms with Crippen molar-refractivity contribution in [1.29, 1.82) is 0 Å². The second-order valence-corrected chi connectivity index (χ2v) is 6.25. The van der Waals surface area contributed by atoms with E-state index < -0.39 is 0 Å². The average molecular weight is 225 g/mol. The fourth-order valence-electron chi connectivity index (χ4n) is 3.26. The standard InChI is InChI=1S/C14H27NO/c1-12(2)9-14(6-4-7-14)11-15-13-5-3-8-16-10-13/h12-13,15H,3-11H2,1-2H3. The minimum Gasteiger partial charge on any atom is -0.380 e. The lowest BCUT2D eigenvalue weighted by Crippen LogP contribution is -2.46. The van der Waals surface area contributed by atoms with E-state index in [1.54, 1.807) is 0 Å². The fourth-order valence-corrected chi connectivity index (χ4v) is 3.26. The molecular formula is C14H27NO. The van der Waals surface area contributed by atoms with Crippen molar-refractivity contribution < 1.29 is 4.74 Å². The van der Waals surface area contributed by atoms with Crippen molar-refractivity contribution in [2.75, 3.05) is 19.8 Å². The SMILES string of the molecule is CC(C)CC1(CNC2CCCOC2)CCC1. The molecule has 0 aromatic heterocycles. The van der Waals surface area contributed by atoms with Crippen LogP contribution >= 0.6 is 0 Å². The molecule has 0 amide bonds. The van der Waals surface area contributed by atoms with Crippen LogP contribution in [0.2, 0.25) is 0 Å². The van der Waals surface area contributed by atoms with E-state index in [2.05, 4.69) is 19.2 Å². The molecular weight excluding hydrogens is 198 g/mol. The summed E-state index contributed by atoms with van der Waals surface area (Å²) in [7, 11) is 0. The third kappa shape index (κ3) is 3.21. The van der Waals surface area contributed by atoms with Gasteiger partial charge >= 0.3 is 0 Å². The van der Waals surface area contributed by atoms with Gasteiger partial charge in [0.1, 0.15) is 0 Å². The van der Waals surface area contributed by atoms with Crippen molar-refractivity contribution in [3.8, 4) is 0 Å². The molecule has 94 valence electrons. The Morgan fingerprint density at radius 1 is 1.31 bits per heavy atom. The zero-order valence-electron chi connectivity index (χ0n) is 10.9. The molecule has 1 heterocycles. The molecule has 2 fully saturated rings. The molecule has 2 rings (SSSR count). The van der Waals surface area contributed by atoms with Gasteiger partial charge in [-0.3, -0.25) is 0 Å². The second-order valence-electron chi connectivity index (χ2n) is 6.25. The molecule has 0 bridgehead atoms. The summed E-state index contributed by atoms with van der Waals surface area (Å²) >= 11 is 0. The van der Waals surface area contributed by atoms with E-state index in [1.165, 1.54) is 45.1 Å². The summed E-state index contributed by atoms with van der Waals surface area (Å²) < 4.78 is 5.52. The Morgan fingerprint density at radius 3 is 2.62 bits per heavy atom. The number of nitrogens with one attached hydrogen (secondary N) is 1. The minimum atomic E-state index is 0.624. The lowest BCUT2D eigenvalue weighted by molar-refractivity contribution is 0.0489. The van der Waals surface area contributed by atoms with Gasteiger partial charge in [0.2, 0.25) is 0 Å². The van der Waals surface area contributed by atoms with Crippen LogP contribution in [0.1, 0.15) is 52.4 Å². The van der Waals surface area contributed by atoms with Gasteiger partial charge in [0.05, 0.1) is 6.61 Å². The number of hydrogen-bond acceptors (Lipinski definition) is 2. The molecule has 16 heavy (non-hydrogen) atoms. The van der Waals surface area contributed by atoms with E-state index in [1.807, 2.05) is 0 Å². The summed E-state index contributed by atoms with van der Waals surface area (Å²) in [5, 5.41) is 3.74. The van der Waals surface area contributed by atoms with Crippen molar-refractivity contribution in [3.63, 3.8) is 0 Å². The summed E-state index contributed by atoms with van der Waals surface area (Å²) in [6.45, 7) is 7.82. The molecule has 2 heteroatoms. The van der Waals surface area contributed by atoms with Gasteiger partial charge in [-0.25, -0.2) is 0 Å². The predicted octanol–water partition coefficient (Wildman–Crippen LogP) is 2.97. The van der Waals surface area contributed by atoms with Gasteiger partial charge in [0.25, 0.3) is 0 Å². The van der Waals surface area contributed by atoms with Crippen LogP contribution in [0.5, 0.6) is 0 Å². The summed E-state index contributed by atoms with van der Waals surface area (Å²) in [6, 6.07) is 0.624. The zero-order valence-corrected chi connectivity index (χ0v) is 10.9. The van der Waals surface area contributed by atoms with E-state index in [0.29, 0.717) is 11.5 Å². The van der Waals surface area contributed by atoms with Crippen LogP contribution in [0.25, 0.3) is 0 Å². The molecule has 0 radical (unpaired) electrons. The van der Waals surface area contributed by atoms with E-state index in [9.17, 15) is 0 Å². The van der Waals surface area contributed by atoms with Crippen LogP contribution in [0.3, 0.4) is 0 Å². The number of rotatable bonds is 5. The van der Waals surface area contributed by atoms with Crippen LogP contribution in [0.4, 0.5) is 0 Å². The molecule has 2 nitrogen and oxygen atoms in total. The van der Waals surface area contributed by atoms with E-state index in [-0.39, 0.29) is 0 Å². The normalized spacial score (nSPS) is 29.1. The molecule has 1 unspecified atom stereocenters. The lowest BCUT2D eigenvalue weighted by atomic mass is 9.64. The molecule has 2 aliphatic rings. The van der Waals surface area contributed by atoms with Gasteiger partial charge in [-0.1, -0.05) is 20.3 Å². The van der Waals surface area contributed by atoms with Gasteiger partial charge < -0.3 is 10.1 Å². The van der Waals surface area contributed by atoms with Crippen LogP contribution in [-0.2, 0) is 4.74 Å². The Kier molecular flexibility index (Phi) is 4.26. The van der Waals surface area contributed by atoms with E-state index >= 15 is 0 Å². The first-order chi connectivity index (χ1) is 7.70. The lowest BCUT2D eigenvalue weighted by Gasteiger charge is -2.44. The number of hydrogen-bond donors (Lipinski definition) is 1. The molecule has 1 aliphatic carbocycles. The monoisotopic (exact) mass is 225 g/mol. The van der Waals surface area contributed by atoms with Crippen molar-refractivity contribution in [2.45, 2.75) is 58.4 Å². The third-order valence-corrected chi connectivity index (χ3v) is 4.18. The van der Waals surface area contributed by atoms with Crippen molar-refractivity contribution in [2.24, 2.45) is 11.3 Å². The smallest absolute Gasteiger partial charge is 0.0619 e. The predicted molar refractivity (Wildman–Crippen MR) is 67.6 cm³/mol. The molecule has 1 aliphatic heterocycles. The highest BCUT2D eigenvalue weighted by Crippen LogP contribution is 2.45. The molecule has 1 atom stereocenters. The Labute approximate surface area is 100 Å². The first-order valence-corrected chi connectivity index (χ1v) is 7.01. The average Bonchev–Trinajstić information content (AvgIpc) is 2.23. The second kappa shape index (κ2) is 5.50. The van der Waals surface area contributed by atoms with Gasteiger partial charge in [-0.05, 0) is 43.4 Å². The van der Waals surface area contributed by atoms with Crippen LogP contribution in [-0.4, -0.2) is 25.8 Å². The summed E-state index contributed by atoms with van der Waals surface area (Å²) in [5.74, 6) is 0.838. The molecule has 0 spiro atoms. The summed E-state index contributed by atoms with van der Waals surface area (Å²) in [6.07, 6.45) is 8.24. The van der Waals surface area contributed by atoms with Crippen LogP contribution < -0.4 is 5.32 Å². The first-order valence-electron chi connectivity index (χ1n) is 7.01. The van der Waals surface area contributed by atoms with Gasteiger partial charge in [0, 0.05) is 19.2 Å². The topological polar surface area (TPSA) is 21.3 Å². The quantitative estimate of drug-likeness (QED) is 0.776. The molecule has 1 N–H and O–H groups in total. The maximum Gasteiger partial charge on any atom is 0.0619 e. The first kappa shape index (κ1) is 12.4. The Hall–Kier alpha value is -0.0800. The minimum absolute atomic E-state index is 0.624. The molecule has 1 saturated carbocycles. The van der Waals surface area contributed by atoms with Crippen LogP contribution in [0, 0.1) is 11.3 Å². The maximum atomic E-state index is 5.52. The number of ether oxygens (including phenoxy) is 1. The third-order valence-electron chi connectivity index (χ3n) is 4.18. The van der Waals surface area contributed by atoms with Gasteiger partial charge in [0.15, 0.2) is 0 Å². The van der Waals surface area contributed by atoms with E-state index in [0.717, 1.165) is 19.1 Å². The van der Waals surface area contributed by atoms with Gasteiger partial charge in [-0.15, -0.1) is 0 Å². The Bertz CT molecular complexity index is 205. The maximum absolute atomic E-state index is 5.52. The van der Waals surface area contributed by atoms with Crippen molar-refractivity contribution in [3.05, 3.63) is 0 Å². The molecule has 1 saturated heterocycles. The van der Waals surface area contributed by atoms with E-state index in [4.69, 9.17) is 4.74 Å². The summed E-state index contributed by atoms with van der Waals surface area (Å²) in [5.41, 5.74) is 0.631. The zero-order chi connectivity index (χ0) is 11.4. The fraction of sp³-hybridized carbons (Fsp3) is 1.00. The summed E-state index contributed by atoms with van der Waals surface area (Å²) in [4.78, 5) is 0. The van der Waals surface area contributed by atoms with Gasteiger partial charge in [-0.2, -0.15) is 0 Å².